The molecule has 1 aliphatic heterocycles. The second-order valence-electron chi connectivity index (χ2n) is 5.89. The van der Waals surface area contributed by atoms with Crippen molar-refractivity contribution in [2.45, 2.75) is 20.4 Å². The van der Waals surface area contributed by atoms with Crippen molar-refractivity contribution in [3.8, 4) is 5.75 Å². The summed E-state index contributed by atoms with van der Waals surface area (Å²) in [6.45, 7) is 9.13. The third-order valence-corrected chi connectivity index (χ3v) is 4.39. The van der Waals surface area contributed by atoms with E-state index >= 15 is 0 Å². The van der Waals surface area contributed by atoms with Gasteiger partial charge in [0.05, 0.1) is 19.3 Å². The average Bonchev–Trinajstić information content (AvgIpc) is 2.86. The number of hydrogen-bond acceptors (Lipinski definition) is 4. The van der Waals surface area contributed by atoms with Crippen LogP contribution in [0.2, 0.25) is 0 Å². The number of hydrogen-bond donors (Lipinski definition) is 0. The lowest BCUT2D eigenvalue weighted by Crippen LogP contribution is -2.46. The van der Waals surface area contributed by atoms with Gasteiger partial charge >= 0.3 is 0 Å². The molecule has 1 aromatic carbocycles. The molecule has 0 aliphatic carbocycles. The first-order valence-corrected chi connectivity index (χ1v) is 7.83. The lowest BCUT2D eigenvalue weighted by Gasteiger charge is -2.36. The Balaban J connectivity index is 1.60. The van der Waals surface area contributed by atoms with Crippen LogP contribution in [0.25, 0.3) is 0 Å². The summed E-state index contributed by atoms with van der Waals surface area (Å²) in [6.07, 6.45) is 0. The van der Waals surface area contributed by atoms with Crippen LogP contribution in [-0.2, 0) is 6.54 Å². The number of para-hydroxylation sites is 2. The summed E-state index contributed by atoms with van der Waals surface area (Å²) in [5.41, 5.74) is 2.43. The van der Waals surface area contributed by atoms with E-state index in [1.807, 2.05) is 19.1 Å². The number of piperazine rings is 1. The van der Waals surface area contributed by atoms with Crippen LogP contribution >= 0.6 is 0 Å². The molecule has 0 bridgehead atoms. The maximum absolute atomic E-state index is 5.79. The molecule has 1 aromatic heterocycles. The first kappa shape index (κ1) is 15.0. The summed E-state index contributed by atoms with van der Waals surface area (Å²) < 4.78 is 11.3. The van der Waals surface area contributed by atoms with Crippen LogP contribution < -0.4 is 9.64 Å². The van der Waals surface area contributed by atoms with E-state index in [1.54, 1.807) is 7.11 Å². The second-order valence-corrected chi connectivity index (χ2v) is 5.89. The standard InChI is InChI=1S/C18H24N2O2/c1-14-12-16(22-15(14)2)13-19-8-10-20(11-9-19)17-6-4-5-7-18(17)21-3/h4-7,12H,8-11,13H2,1-3H3. The van der Waals surface area contributed by atoms with E-state index in [1.165, 1.54) is 11.3 Å². The van der Waals surface area contributed by atoms with Crippen LogP contribution in [0.3, 0.4) is 0 Å². The summed E-state index contributed by atoms with van der Waals surface area (Å²) in [6, 6.07) is 10.4. The Hall–Kier alpha value is -1.94. The number of furan rings is 1. The molecule has 2 aromatic rings. The Kier molecular flexibility index (Phi) is 4.39. The summed E-state index contributed by atoms with van der Waals surface area (Å²) in [5.74, 6) is 3.05. The van der Waals surface area contributed by atoms with Crippen LogP contribution in [0.15, 0.2) is 34.7 Å². The van der Waals surface area contributed by atoms with Crippen molar-refractivity contribution < 1.29 is 9.15 Å². The van der Waals surface area contributed by atoms with Crippen LogP contribution in [0.1, 0.15) is 17.1 Å². The third kappa shape index (κ3) is 3.12. The van der Waals surface area contributed by atoms with Crippen molar-refractivity contribution >= 4 is 5.69 Å². The van der Waals surface area contributed by atoms with Crippen LogP contribution in [-0.4, -0.2) is 38.2 Å². The van der Waals surface area contributed by atoms with E-state index in [4.69, 9.17) is 9.15 Å². The molecule has 1 aliphatic rings. The molecular weight excluding hydrogens is 276 g/mol. The fraction of sp³-hybridized carbons (Fsp3) is 0.444. The molecule has 22 heavy (non-hydrogen) atoms. The molecule has 4 heteroatoms. The topological polar surface area (TPSA) is 28.9 Å². The molecule has 0 N–H and O–H groups in total. The molecule has 3 rings (SSSR count). The predicted octanol–water partition coefficient (Wildman–Crippen LogP) is 3.23. The number of methoxy groups -OCH3 is 1. The predicted molar refractivity (Wildman–Crippen MR) is 88.7 cm³/mol. The largest absolute Gasteiger partial charge is 0.495 e. The zero-order valence-electron chi connectivity index (χ0n) is 13.6. The van der Waals surface area contributed by atoms with E-state index in [0.717, 1.165) is 50.0 Å². The molecule has 0 amide bonds. The Labute approximate surface area is 132 Å². The number of rotatable bonds is 4. The van der Waals surface area contributed by atoms with Crippen LogP contribution in [0, 0.1) is 13.8 Å². The molecule has 4 nitrogen and oxygen atoms in total. The van der Waals surface area contributed by atoms with Crippen LogP contribution in [0.4, 0.5) is 5.69 Å². The minimum Gasteiger partial charge on any atom is -0.495 e. The quantitative estimate of drug-likeness (QED) is 0.867. The number of anilines is 1. The van der Waals surface area contributed by atoms with Gasteiger partial charge in [-0.05, 0) is 37.6 Å². The molecule has 118 valence electrons. The lowest BCUT2D eigenvalue weighted by molar-refractivity contribution is 0.228. The van der Waals surface area contributed by atoms with Gasteiger partial charge in [-0.25, -0.2) is 0 Å². The first-order chi connectivity index (χ1) is 10.7. The second kappa shape index (κ2) is 6.44. The van der Waals surface area contributed by atoms with E-state index in [0.29, 0.717) is 0 Å². The molecule has 0 atom stereocenters. The summed E-state index contributed by atoms with van der Waals surface area (Å²) in [7, 11) is 1.73. The highest BCUT2D eigenvalue weighted by Gasteiger charge is 2.20. The zero-order valence-corrected chi connectivity index (χ0v) is 13.6. The molecule has 0 spiro atoms. The lowest BCUT2D eigenvalue weighted by atomic mass is 10.2. The fourth-order valence-electron chi connectivity index (χ4n) is 2.99. The van der Waals surface area contributed by atoms with E-state index in [2.05, 4.69) is 34.9 Å². The zero-order chi connectivity index (χ0) is 15.5. The number of ether oxygens (including phenoxy) is 1. The Bertz CT molecular complexity index is 608. The summed E-state index contributed by atoms with van der Waals surface area (Å²) in [4.78, 5) is 4.84. The van der Waals surface area contributed by atoms with Gasteiger partial charge in [-0.3, -0.25) is 4.90 Å². The molecule has 0 radical (unpaired) electrons. The highest BCUT2D eigenvalue weighted by molar-refractivity contribution is 5.58. The number of nitrogens with zero attached hydrogens (tertiary/aromatic N) is 2. The summed E-state index contributed by atoms with van der Waals surface area (Å²) >= 11 is 0. The minimum absolute atomic E-state index is 0.897. The smallest absolute Gasteiger partial charge is 0.142 e. The first-order valence-electron chi connectivity index (χ1n) is 7.83. The molecule has 0 saturated carbocycles. The highest BCUT2D eigenvalue weighted by Crippen LogP contribution is 2.28. The molecule has 1 fully saturated rings. The van der Waals surface area contributed by atoms with Gasteiger partial charge in [0.25, 0.3) is 0 Å². The Morgan fingerprint density at radius 1 is 1.09 bits per heavy atom. The van der Waals surface area contributed by atoms with Gasteiger partial charge in [-0.2, -0.15) is 0 Å². The van der Waals surface area contributed by atoms with Gasteiger partial charge in [0.2, 0.25) is 0 Å². The van der Waals surface area contributed by atoms with Crippen molar-refractivity contribution in [3.05, 3.63) is 47.4 Å². The van der Waals surface area contributed by atoms with Gasteiger partial charge in [0, 0.05) is 26.2 Å². The highest BCUT2D eigenvalue weighted by atomic mass is 16.5. The van der Waals surface area contributed by atoms with E-state index in [-0.39, 0.29) is 0 Å². The Morgan fingerprint density at radius 2 is 1.82 bits per heavy atom. The van der Waals surface area contributed by atoms with Crippen molar-refractivity contribution in [3.63, 3.8) is 0 Å². The molecule has 0 unspecified atom stereocenters. The monoisotopic (exact) mass is 300 g/mol. The van der Waals surface area contributed by atoms with Crippen molar-refractivity contribution in [2.75, 3.05) is 38.2 Å². The Morgan fingerprint density at radius 3 is 2.45 bits per heavy atom. The number of aryl methyl sites for hydroxylation is 2. The van der Waals surface area contributed by atoms with Gasteiger partial charge in [0.1, 0.15) is 17.3 Å². The molecule has 2 heterocycles. The van der Waals surface area contributed by atoms with E-state index < -0.39 is 0 Å². The fourth-order valence-corrected chi connectivity index (χ4v) is 2.99. The van der Waals surface area contributed by atoms with Crippen molar-refractivity contribution in [2.24, 2.45) is 0 Å². The number of benzene rings is 1. The van der Waals surface area contributed by atoms with Gasteiger partial charge < -0.3 is 14.1 Å². The minimum atomic E-state index is 0.897. The molecular formula is C18H24N2O2. The van der Waals surface area contributed by atoms with Gasteiger partial charge in [0.15, 0.2) is 0 Å². The van der Waals surface area contributed by atoms with Crippen LogP contribution in [0.5, 0.6) is 5.75 Å². The van der Waals surface area contributed by atoms with Crippen molar-refractivity contribution in [1.82, 2.24) is 4.90 Å². The van der Waals surface area contributed by atoms with E-state index in [9.17, 15) is 0 Å². The maximum atomic E-state index is 5.79. The SMILES string of the molecule is COc1ccccc1N1CCN(Cc2cc(C)c(C)o2)CC1. The summed E-state index contributed by atoms with van der Waals surface area (Å²) in [5, 5.41) is 0. The third-order valence-electron chi connectivity index (χ3n) is 4.39. The maximum Gasteiger partial charge on any atom is 0.142 e. The van der Waals surface area contributed by atoms with Gasteiger partial charge in [-0.1, -0.05) is 12.1 Å². The average molecular weight is 300 g/mol. The van der Waals surface area contributed by atoms with Crippen molar-refractivity contribution in [1.29, 1.82) is 0 Å². The van der Waals surface area contributed by atoms with Gasteiger partial charge in [-0.15, -0.1) is 0 Å². The normalized spacial score (nSPS) is 16.0. The molecule has 1 saturated heterocycles.